The number of benzene rings is 4. The SMILES string of the molecule is CC(C)(C)NCc1ccc2c(c1)OCC[C@H]2NC(=O)C[C@@H](NS(=O)(=O)c1ccc2ccccc2c1)c1ccccc1. The van der Waals surface area contributed by atoms with Gasteiger partial charge in [-0.1, -0.05) is 72.8 Å². The highest BCUT2D eigenvalue weighted by Gasteiger charge is 2.27. The van der Waals surface area contributed by atoms with E-state index in [1.54, 1.807) is 18.2 Å². The molecule has 0 saturated heterocycles. The zero-order valence-corrected chi connectivity index (χ0v) is 24.5. The first kappa shape index (κ1) is 28.8. The molecule has 2 atom stereocenters. The lowest BCUT2D eigenvalue weighted by Crippen LogP contribution is -2.37. The number of fused-ring (bicyclic) bond motifs is 2. The number of sulfonamides is 1. The standard InChI is InChI=1S/C33H37N3O4S/c1-33(2,3)34-22-23-13-16-28-29(17-18-40-31(28)19-23)35-32(37)21-30(25-10-5-4-6-11-25)36-41(38,39)27-15-14-24-9-7-8-12-26(24)20-27/h4-16,19-20,29-30,34,36H,17-18,21-22H2,1-3H3,(H,35,37)/t29-,30-/m1/s1. The fourth-order valence-corrected chi connectivity index (χ4v) is 6.26. The van der Waals surface area contributed by atoms with Gasteiger partial charge in [-0.25, -0.2) is 13.1 Å². The Hall–Kier alpha value is -3.72. The van der Waals surface area contributed by atoms with Gasteiger partial charge in [0.05, 0.1) is 23.6 Å². The first-order chi connectivity index (χ1) is 19.6. The number of amides is 1. The van der Waals surface area contributed by atoms with Crippen molar-refractivity contribution >= 4 is 26.7 Å². The topological polar surface area (TPSA) is 96.5 Å². The van der Waals surface area contributed by atoms with Gasteiger partial charge in [0.2, 0.25) is 15.9 Å². The average Bonchev–Trinajstić information content (AvgIpc) is 2.95. The van der Waals surface area contributed by atoms with Gasteiger partial charge in [0.1, 0.15) is 5.75 Å². The minimum atomic E-state index is -3.90. The molecule has 0 spiro atoms. The number of hydrogen-bond acceptors (Lipinski definition) is 5. The second-order valence-corrected chi connectivity index (χ2v) is 13.2. The molecule has 1 heterocycles. The van der Waals surface area contributed by atoms with Gasteiger partial charge in [-0.15, -0.1) is 0 Å². The van der Waals surface area contributed by atoms with Gasteiger partial charge in [-0.05, 0) is 60.9 Å². The third kappa shape index (κ3) is 7.33. The lowest BCUT2D eigenvalue weighted by molar-refractivity contribution is -0.122. The van der Waals surface area contributed by atoms with E-state index in [2.05, 4.69) is 42.2 Å². The van der Waals surface area contributed by atoms with E-state index in [4.69, 9.17) is 4.74 Å². The Kier molecular flexibility index (Phi) is 8.45. The molecule has 0 bridgehead atoms. The molecule has 8 heteroatoms. The van der Waals surface area contributed by atoms with Crippen LogP contribution in [0.15, 0.2) is 95.9 Å². The smallest absolute Gasteiger partial charge is 0.241 e. The van der Waals surface area contributed by atoms with E-state index < -0.39 is 16.1 Å². The summed E-state index contributed by atoms with van der Waals surface area (Å²) in [4.78, 5) is 13.5. The summed E-state index contributed by atoms with van der Waals surface area (Å²) in [6, 6.07) is 27.0. The Bertz CT molecular complexity index is 1630. The maximum Gasteiger partial charge on any atom is 0.241 e. The Morgan fingerprint density at radius 1 is 0.927 bits per heavy atom. The van der Waals surface area contributed by atoms with E-state index in [9.17, 15) is 13.2 Å². The van der Waals surface area contributed by atoms with Crippen molar-refractivity contribution in [2.24, 2.45) is 0 Å². The molecular formula is C33H37N3O4S. The molecule has 1 amide bonds. The highest BCUT2D eigenvalue weighted by molar-refractivity contribution is 7.89. The second kappa shape index (κ2) is 12.0. The zero-order chi connectivity index (χ0) is 29.0. The molecule has 1 aliphatic rings. The van der Waals surface area contributed by atoms with Gasteiger partial charge in [-0.3, -0.25) is 4.79 Å². The fraction of sp³-hybridized carbons (Fsp3) is 0.303. The van der Waals surface area contributed by atoms with Crippen LogP contribution in [0.2, 0.25) is 0 Å². The quantitative estimate of drug-likeness (QED) is 0.237. The molecule has 0 aromatic heterocycles. The van der Waals surface area contributed by atoms with E-state index in [1.807, 2.05) is 66.7 Å². The van der Waals surface area contributed by atoms with Gasteiger partial charge in [0.15, 0.2) is 0 Å². The summed E-state index contributed by atoms with van der Waals surface area (Å²) in [5.41, 5.74) is 2.75. The van der Waals surface area contributed by atoms with E-state index in [0.29, 0.717) is 19.6 Å². The first-order valence-electron chi connectivity index (χ1n) is 13.9. The summed E-state index contributed by atoms with van der Waals surface area (Å²) in [5, 5.41) is 8.41. The van der Waals surface area contributed by atoms with Crippen LogP contribution in [0.5, 0.6) is 5.75 Å². The van der Waals surface area contributed by atoms with Crippen molar-refractivity contribution in [1.82, 2.24) is 15.4 Å². The van der Waals surface area contributed by atoms with Gasteiger partial charge in [0.25, 0.3) is 0 Å². The van der Waals surface area contributed by atoms with Crippen LogP contribution in [0.4, 0.5) is 0 Å². The number of hydrogen-bond donors (Lipinski definition) is 3. The van der Waals surface area contributed by atoms with Gasteiger partial charge < -0.3 is 15.4 Å². The first-order valence-corrected chi connectivity index (χ1v) is 15.4. The third-order valence-electron chi connectivity index (χ3n) is 7.20. The summed E-state index contributed by atoms with van der Waals surface area (Å²) in [5.74, 6) is 0.530. The molecule has 0 fully saturated rings. The zero-order valence-electron chi connectivity index (χ0n) is 23.7. The van der Waals surface area contributed by atoms with Crippen LogP contribution in [0.25, 0.3) is 10.8 Å². The van der Waals surface area contributed by atoms with Crippen LogP contribution in [-0.4, -0.2) is 26.5 Å². The molecule has 214 valence electrons. The van der Waals surface area contributed by atoms with Crippen LogP contribution < -0.4 is 20.1 Å². The van der Waals surface area contributed by atoms with E-state index in [1.165, 1.54) is 0 Å². The molecule has 0 radical (unpaired) electrons. The normalized spacial score (nSPS) is 16.0. The molecule has 41 heavy (non-hydrogen) atoms. The van der Waals surface area contributed by atoms with Crippen molar-refractivity contribution in [3.8, 4) is 5.75 Å². The van der Waals surface area contributed by atoms with Crippen LogP contribution in [0.1, 0.15) is 62.4 Å². The second-order valence-electron chi connectivity index (χ2n) is 11.5. The van der Waals surface area contributed by atoms with Crippen LogP contribution in [0.3, 0.4) is 0 Å². The molecule has 0 saturated carbocycles. The molecule has 5 rings (SSSR count). The molecular weight excluding hydrogens is 534 g/mol. The van der Waals surface area contributed by atoms with Crippen molar-refractivity contribution in [3.05, 3.63) is 108 Å². The molecule has 0 unspecified atom stereocenters. The summed E-state index contributed by atoms with van der Waals surface area (Å²) in [6.45, 7) is 7.58. The predicted molar refractivity (Wildman–Crippen MR) is 162 cm³/mol. The molecule has 3 N–H and O–H groups in total. The molecule has 0 aliphatic carbocycles. The van der Waals surface area contributed by atoms with Crippen molar-refractivity contribution in [2.75, 3.05) is 6.61 Å². The largest absolute Gasteiger partial charge is 0.493 e. The number of nitrogens with one attached hydrogen (secondary N) is 3. The van der Waals surface area contributed by atoms with Crippen LogP contribution in [0, 0.1) is 0 Å². The summed E-state index contributed by atoms with van der Waals surface area (Å²) in [6.07, 6.45) is 0.592. The number of rotatable bonds is 9. The van der Waals surface area contributed by atoms with Crippen molar-refractivity contribution in [1.29, 1.82) is 0 Å². The highest BCUT2D eigenvalue weighted by Crippen LogP contribution is 2.33. The van der Waals surface area contributed by atoms with E-state index in [-0.39, 0.29) is 28.8 Å². The minimum absolute atomic E-state index is 0.00161. The maximum absolute atomic E-state index is 13.5. The van der Waals surface area contributed by atoms with Crippen molar-refractivity contribution in [2.45, 2.75) is 62.7 Å². The van der Waals surface area contributed by atoms with Gasteiger partial charge >= 0.3 is 0 Å². The summed E-state index contributed by atoms with van der Waals surface area (Å²) >= 11 is 0. The van der Waals surface area contributed by atoms with Crippen molar-refractivity contribution in [3.63, 3.8) is 0 Å². The number of ether oxygens (including phenoxy) is 1. The Balaban J connectivity index is 1.32. The Morgan fingerprint density at radius 3 is 2.41 bits per heavy atom. The lowest BCUT2D eigenvalue weighted by atomic mass is 9.97. The number of carbonyl (C=O) groups excluding carboxylic acids is 1. The average molecular weight is 572 g/mol. The molecule has 1 aliphatic heterocycles. The Morgan fingerprint density at radius 2 is 1.66 bits per heavy atom. The van der Waals surface area contributed by atoms with Crippen LogP contribution >= 0.6 is 0 Å². The van der Waals surface area contributed by atoms with E-state index >= 15 is 0 Å². The predicted octanol–water partition coefficient (Wildman–Crippen LogP) is 5.78. The van der Waals surface area contributed by atoms with Gasteiger partial charge in [0, 0.05) is 30.5 Å². The van der Waals surface area contributed by atoms with Crippen LogP contribution in [-0.2, 0) is 21.4 Å². The third-order valence-corrected chi connectivity index (χ3v) is 8.66. The fourth-order valence-electron chi connectivity index (χ4n) is 5.00. The maximum atomic E-state index is 13.5. The lowest BCUT2D eigenvalue weighted by Gasteiger charge is -2.28. The molecule has 4 aromatic rings. The molecule has 7 nitrogen and oxygen atoms in total. The van der Waals surface area contributed by atoms with Crippen molar-refractivity contribution < 1.29 is 17.9 Å². The summed E-state index contributed by atoms with van der Waals surface area (Å²) in [7, 11) is -3.90. The molecule has 4 aromatic carbocycles. The minimum Gasteiger partial charge on any atom is -0.493 e. The van der Waals surface area contributed by atoms with Gasteiger partial charge in [-0.2, -0.15) is 0 Å². The van der Waals surface area contributed by atoms with E-state index in [0.717, 1.165) is 33.2 Å². The summed E-state index contributed by atoms with van der Waals surface area (Å²) < 4.78 is 35.7. The Labute approximate surface area is 242 Å². The number of carbonyl (C=O) groups is 1. The highest BCUT2D eigenvalue weighted by atomic mass is 32.2. The monoisotopic (exact) mass is 571 g/mol.